The number of rotatable bonds is 3. The molecule has 1 aliphatic rings. The minimum absolute atomic E-state index is 0.216. The van der Waals surface area contributed by atoms with Gasteiger partial charge >= 0.3 is 6.18 Å². The number of aliphatic hydroxyl groups is 1. The van der Waals surface area contributed by atoms with E-state index < -0.39 is 11.8 Å². The third kappa shape index (κ3) is 3.07. The highest BCUT2D eigenvalue weighted by Crippen LogP contribution is 2.38. The number of halogens is 3. The third-order valence-corrected chi connectivity index (χ3v) is 3.80. The van der Waals surface area contributed by atoms with Crippen LogP contribution in [0.2, 0.25) is 0 Å². The fourth-order valence-corrected chi connectivity index (χ4v) is 2.44. The van der Waals surface area contributed by atoms with E-state index in [-0.39, 0.29) is 25.9 Å². The van der Waals surface area contributed by atoms with E-state index in [9.17, 15) is 18.3 Å². The Labute approximate surface area is 116 Å². The molecule has 0 saturated carbocycles. The molecule has 1 aliphatic heterocycles. The van der Waals surface area contributed by atoms with Crippen molar-refractivity contribution in [1.29, 1.82) is 0 Å². The van der Waals surface area contributed by atoms with Crippen LogP contribution in [0.4, 0.5) is 13.2 Å². The van der Waals surface area contributed by atoms with Crippen molar-refractivity contribution in [3.63, 3.8) is 0 Å². The number of ether oxygens (including phenoxy) is 1. The first kappa shape index (κ1) is 15.1. The molecular weight excluding hydrogens is 271 g/mol. The first-order chi connectivity index (χ1) is 9.36. The van der Waals surface area contributed by atoms with Gasteiger partial charge in [0.15, 0.2) is 5.60 Å². The number of methoxy groups -OCH3 is 1. The van der Waals surface area contributed by atoms with Crippen molar-refractivity contribution in [2.24, 2.45) is 0 Å². The van der Waals surface area contributed by atoms with Gasteiger partial charge in [-0.25, -0.2) is 0 Å². The number of hydrogen-bond donors (Lipinski definition) is 1. The number of piperidine rings is 1. The van der Waals surface area contributed by atoms with Crippen molar-refractivity contribution in [2.45, 2.75) is 31.2 Å². The van der Waals surface area contributed by atoms with E-state index in [1.54, 1.807) is 7.11 Å². The zero-order valence-corrected chi connectivity index (χ0v) is 11.3. The SMILES string of the molecule is COc1ccccc1CN1CCC(O)(C(F)(F)F)CC1. The second kappa shape index (κ2) is 5.61. The van der Waals surface area contributed by atoms with Crippen molar-refractivity contribution in [2.75, 3.05) is 20.2 Å². The summed E-state index contributed by atoms with van der Waals surface area (Å²) in [6.45, 7) is 0.958. The van der Waals surface area contributed by atoms with Gasteiger partial charge in [-0.05, 0) is 18.9 Å². The van der Waals surface area contributed by atoms with Crippen LogP contribution in [0.1, 0.15) is 18.4 Å². The van der Waals surface area contributed by atoms with Crippen LogP contribution in [-0.2, 0) is 6.54 Å². The van der Waals surface area contributed by atoms with Crippen LogP contribution in [0.25, 0.3) is 0 Å². The van der Waals surface area contributed by atoms with Crippen molar-refractivity contribution in [3.05, 3.63) is 29.8 Å². The molecule has 0 unspecified atom stereocenters. The fourth-order valence-electron chi connectivity index (χ4n) is 2.44. The Kier molecular flexibility index (Phi) is 4.25. The first-order valence-corrected chi connectivity index (χ1v) is 6.49. The molecule has 0 aliphatic carbocycles. The van der Waals surface area contributed by atoms with Crippen LogP contribution < -0.4 is 4.74 Å². The van der Waals surface area contributed by atoms with Crippen LogP contribution in [0.5, 0.6) is 5.75 Å². The first-order valence-electron chi connectivity index (χ1n) is 6.49. The number of likely N-dealkylation sites (tertiary alicyclic amines) is 1. The maximum Gasteiger partial charge on any atom is 0.417 e. The molecule has 2 rings (SSSR count). The molecule has 1 fully saturated rings. The molecule has 1 aromatic rings. The highest BCUT2D eigenvalue weighted by molar-refractivity contribution is 5.33. The minimum Gasteiger partial charge on any atom is -0.496 e. The lowest BCUT2D eigenvalue weighted by Gasteiger charge is -2.39. The molecule has 0 amide bonds. The van der Waals surface area contributed by atoms with Crippen LogP contribution >= 0.6 is 0 Å². The summed E-state index contributed by atoms with van der Waals surface area (Å²) >= 11 is 0. The molecule has 112 valence electrons. The molecular formula is C14H18F3NO2. The zero-order valence-electron chi connectivity index (χ0n) is 11.3. The highest BCUT2D eigenvalue weighted by atomic mass is 19.4. The van der Waals surface area contributed by atoms with E-state index in [1.165, 1.54) is 0 Å². The highest BCUT2D eigenvalue weighted by Gasteiger charge is 2.54. The summed E-state index contributed by atoms with van der Waals surface area (Å²) in [6.07, 6.45) is -5.12. The van der Waals surface area contributed by atoms with Crippen LogP contribution in [0.3, 0.4) is 0 Å². The van der Waals surface area contributed by atoms with Gasteiger partial charge in [-0.15, -0.1) is 0 Å². The molecule has 0 radical (unpaired) electrons. The molecule has 0 aromatic heterocycles. The number of nitrogens with zero attached hydrogens (tertiary/aromatic N) is 1. The molecule has 1 N–H and O–H groups in total. The van der Waals surface area contributed by atoms with E-state index in [0.29, 0.717) is 6.54 Å². The minimum atomic E-state index is -4.55. The number of benzene rings is 1. The molecule has 0 bridgehead atoms. The summed E-state index contributed by atoms with van der Waals surface area (Å²) in [7, 11) is 1.57. The van der Waals surface area contributed by atoms with Gasteiger partial charge in [0, 0.05) is 25.2 Å². The monoisotopic (exact) mass is 289 g/mol. The zero-order chi connectivity index (χ0) is 14.8. The quantitative estimate of drug-likeness (QED) is 0.928. The van der Waals surface area contributed by atoms with Gasteiger partial charge in [-0.3, -0.25) is 4.90 Å². The second-order valence-electron chi connectivity index (χ2n) is 5.12. The fraction of sp³-hybridized carbons (Fsp3) is 0.571. The van der Waals surface area contributed by atoms with Gasteiger partial charge < -0.3 is 9.84 Å². The predicted octanol–water partition coefficient (Wildman–Crippen LogP) is 2.58. The van der Waals surface area contributed by atoms with E-state index in [2.05, 4.69) is 0 Å². The van der Waals surface area contributed by atoms with E-state index in [0.717, 1.165) is 11.3 Å². The molecule has 0 atom stereocenters. The topological polar surface area (TPSA) is 32.7 Å². The Hall–Kier alpha value is -1.27. The van der Waals surface area contributed by atoms with Gasteiger partial charge in [0.2, 0.25) is 0 Å². The molecule has 1 aromatic carbocycles. The van der Waals surface area contributed by atoms with E-state index >= 15 is 0 Å². The Morgan fingerprint density at radius 2 is 1.85 bits per heavy atom. The van der Waals surface area contributed by atoms with Crippen LogP contribution in [0.15, 0.2) is 24.3 Å². The summed E-state index contributed by atoms with van der Waals surface area (Å²) < 4.78 is 43.4. The number of alkyl halides is 3. The standard InChI is InChI=1S/C14H18F3NO2/c1-20-12-5-3-2-4-11(12)10-18-8-6-13(19,7-9-18)14(15,16)17/h2-5,19H,6-10H2,1H3. The third-order valence-electron chi connectivity index (χ3n) is 3.80. The summed E-state index contributed by atoms with van der Waals surface area (Å²) in [6, 6.07) is 7.43. The maximum atomic E-state index is 12.7. The van der Waals surface area contributed by atoms with Crippen molar-refractivity contribution in [3.8, 4) is 5.75 Å². The lowest BCUT2D eigenvalue weighted by Crippen LogP contribution is -2.53. The smallest absolute Gasteiger partial charge is 0.417 e. The molecule has 6 heteroatoms. The Morgan fingerprint density at radius 1 is 1.25 bits per heavy atom. The Balaban J connectivity index is 1.98. The van der Waals surface area contributed by atoms with Gasteiger partial charge in [0.1, 0.15) is 5.75 Å². The second-order valence-corrected chi connectivity index (χ2v) is 5.12. The largest absolute Gasteiger partial charge is 0.496 e. The summed E-state index contributed by atoms with van der Waals surface area (Å²) in [4.78, 5) is 1.90. The van der Waals surface area contributed by atoms with Gasteiger partial charge in [0.25, 0.3) is 0 Å². The molecule has 20 heavy (non-hydrogen) atoms. The van der Waals surface area contributed by atoms with Crippen molar-refractivity contribution >= 4 is 0 Å². The summed E-state index contributed by atoms with van der Waals surface area (Å²) in [5, 5.41) is 9.62. The van der Waals surface area contributed by atoms with Gasteiger partial charge in [-0.2, -0.15) is 13.2 Å². The lowest BCUT2D eigenvalue weighted by molar-refractivity contribution is -0.272. The molecule has 1 heterocycles. The molecule has 1 saturated heterocycles. The predicted molar refractivity (Wildman–Crippen MR) is 68.5 cm³/mol. The van der Waals surface area contributed by atoms with Crippen LogP contribution in [0, 0.1) is 0 Å². The van der Waals surface area contributed by atoms with Gasteiger partial charge in [-0.1, -0.05) is 18.2 Å². The average Bonchev–Trinajstić information content (AvgIpc) is 2.41. The van der Waals surface area contributed by atoms with Crippen molar-refractivity contribution in [1.82, 2.24) is 4.90 Å². The average molecular weight is 289 g/mol. The van der Waals surface area contributed by atoms with Crippen LogP contribution in [-0.4, -0.2) is 42.0 Å². The molecule has 3 nitrogen and oxygen atoms in total. The van der Waals surface area contributed by atoms with Crippen molar-refractivity contribution < 1.29 is 23.0 Å². The lowest BCUT2D eigenvalue weighted by atomic mass is 9.90. The summed E-state index contributed by atoms with van der Waals surface area (Å²) in [5.41, 5.74) is -1.60. The Bertz CT molecular complexity index is 454. The number of hydrogen-bond acceptors (Lipinski definition) is 3. The maximum absolute atomic E-state index is 12.7. The van der Waals surface area contributed by atoms with Gasteiger partial charge in [0.05, 0.1) is 7.11 Å². The normalized spacial score (nSPS) is 19.9. The van der Waals surface area contributed by atoms with E-state index in [4.69, 9.17) is 4.74 Å². The number of para-hydroxylation sites is 1. The summed E-state index contributed by atoms with van der Waals surface area (Å²) in [5.74, 6) is 0.726. The molecule has 0 spiro atoms. The Morgan fingerprint density at radius 3 is 2.40 bits per heavy atom. The van der Waals surface area contributed by atoms with E-state index in [1.807, 2.05) is 29.2 Å².